The number of anilines is 1. The highest BCUT2D eigenvalue weighted by Gasteiger charge is 2.17. The fourth-order valence-corrected chi connectivity index (χ4v) is 1.95. The number of fused-ring (bicyclic) bond motifs is 1. The highest BCUT2D eigenvalue weighted by atomic mass is 16.5. The monoisotopic (exact) mass is 219 g/mol. The Balaban J connectivity index is 1.97. The molecule has 0 amide bonds. The summed E-state index contributed by atoms with van der Waals surface area (Å²) >= 11 is 0. The van der Waals surface area contributed by atoms with E-state index in [-0.39, 0.29) is 0 Å². The summed E-state index contributed by atoms with van der Waals surface area (Å²) in [6.45, 7) is 3.87. The number of nitrogens with zero attached hydrogens (tertiary/aromatic N) is 3. The van der Waals surface area contributed by atoms with Gasteiger partial charge in [0.15, 0.2) is 0 Å². The molecule has 0 saturated carbocycles. The molecule has 0 radical (unpaired) electrons. The van der Waals surface area contributed by atoms with E-state index in [9.17, 15) is 0 Å². The minimum atomic E-state index is 0.424. The van der Waals surface area contributed by atoms with Crippen LogP contribution < -0.4 is 10.6 Å². The van der Waals surface area contributed by atoms with Crippen molar-refractivity contribution < 1.29 is 4.52 Å². The van der Waals surface area contributed by atoms with Gasteiger partial charge in [0.1, 0.15) is 17.0 Å². The smallest absolute Gasteiger partial charge is 0.263 e. The van der Waals surface area contributed by atoms with E-state index in [1.54, 1.807) is 6.20 Å². The Morgan fingerprint density at radius 3 is 3.25 bits per heavy atom. The second-order valence-electron chi connectivity index (χ2n) is 4.00. The predicted octanol–water partition coefficient (Wildman–Crippen LogP) is 0.700. The quantitative estimate of drug-likeness (QED) is 0.774. The van der Waals surface area contributed by atoms with Crippen molar-refractivity contribution in [3.8, 4) is 0 Å². The number of rotatable bonds is 2. The van der Waals surface area contributed by atoms with E-state index < -0.39 is 0 Å². The van der Waals surface area contributed by atoms with Crippen LogP contribution in [0.5, 0.6) is 0 Å². The highest BCUT2D eigenvalue weighted by molar-refractivity contribution is 5.84. The first-order valence-electron chi connectivity index (χ1n) is 5.39. The number of nitrogens with one attached hydrogen (secondary N) is 2. The van der Waals surface area contributed by atoms with Crippen LogP contribution in [0.15, 0.2) is 10.7 Å². The molecular weight excluding hydrogens is 206 g/mol. The molecule has 16 heavy (non-hydrogen) atoms. The lowest BCUT2D eigenvalue weighted by Crippen LogP contribution is -2.23. The lowest BCUT2D eigenvalue weighted by Gasteiger charge is -2.12. The Morgan fingerprint density at radius 2 is 2.44 bits per heavy atom. The van der Waals surface area contributed by atoms with Gasteiger partial charge >= 0.3 is 0 Å². The number of hydrogen-bond acceptors (Lipinski definition) is 6. The van der Waals surface area contributed by atoms with Crippen LogP contribution in [0.25, 0.3) is 11.1 Å². The van der Waals surface area contributed by atoms with Crippen LogP contribution in [0.3, 0.4) is 0 Å². The number of hydrogen-bond donors (Lipinski definition) is 2. The maximum Gasteiger partial charge on any atom is 0.263 e. The van der Waals surface area contributed by atoms with Crippen molar-refractivity contribution >= 4 is 16.9 Å². The Kier molecular flexibility index (Phi) is 2.21. The van der Waals surface area contributed by atoms with Gasteiger partial charge in [0, 0.05) is 12.6 Å². The van der Waals surface area contributed by atoms with Gasteiger partial charge < -0.3 is 15.2 Å². The van der Waals surface area contributed by atoms with Crippen molar-refractivity contribution in [3.05, 3.63) is 12.0 Å². The molecule has 1 saturated heterocycles. The Labute approximate surface area is 92.4 Å². The van der Waals surface area contributed by atoms with Gasteiger partial charge in [-0.1, -0.05) is 5.16 Å². The summed E-state index contributed by atoms with van der Waals surface area (Å²) in [5, 5.41) is 11.3. The zero-order valence-electron chi connectivity index (χ0n) is 9.03. The first-order valence-corrected chi connectivity index (χ1v) is 5.39. The van der Waals surface area contributed by atoms with Crippen LogP contribution in [0, 0.1) is 6.92 Å². The molecule has 2 aromatic heterocycles. The van der Waals surface area contributed by atoms with Gasteiger partial charge in [0.05, 0.1) is 6.20 Å². The van der Waals surface area contributed by atoms with Crippen LogP contribution in [0.1, 0.15) is 12.2 Å². The third-order valence-corrected chi connectivity index (χ3v) is 2.74. The molecule has 0 bridgehead atoms. The molecule has 1 unspecified atom stereocenters. The van der Waals surface area contributed by atoms with Crippen molar-refractivity contribution in [2.24, 2.45) is 0 Å². The summed E-state index contributed by atoms with van der Waals surface area (Å²) in [6, 6.07) is 0.424. The molecule has 1 atom stereocenters. The second kappa shape index (κ2) is 3.71. The maximum absolute atomic E-state index is 5.05. The fraction of sp³-hybridized carbons (Fsp3) is 0.500. The summed E-state index contributed by atoms with van der Waals surface area (Å²) < 4.78 is 5.05. The Morgan fingerprint density at radius 1 is 1.50 bits per heavy atom. The van der Waals surface area contributed by atoms with E-state index in [1.165, 1.54) is 0 Å². The standard InChI is InChI=1S/C10H13N5O/c1-6-13-9(15-7-2-3-11-4-7)8-5-12-16-10(8)14-6/h5,7,11H,2-4H2,1H3,(H,13,14,15). The molecule has 3 heterocycles. The van der Waals surface area contributed by atoms with Gasteiger partial charge in [-0.2, -0.15) is 4.98 Å². The van der Waals surface area contributed by atoms with Crippen molar-refractivity contribution in [2.45, 2.75) is 19.4 Å². The molecule has 0 aromatic carbocycles. The molecule has 84 valence electrons. The zero-order valence-corrected chi connectivity index (χ0v) is 9.03. The molecule has 0 spiro atoms. The minimum absolute atomic E-state index is 0.424. The van der Waals surface area contributed by atoms with Crippen LogP contribution >= 0.6 is 0 Å². The van der Waals surface area contributed by atoms with Crippen molar-refractivity contribution in [2.75, 3.05) is 18.4 Å². The van der Waals surface area contributed by atoms with E-state index in [4.69, 9.17) is 4.52 Å². The summed E-state index contributed by atoms with van der Waals surface area (Å²) in [7, 11) is 0. The third kappa shape index (κ3) is 1.61. The molecule has 1 aliphatic heterocycles. The van der Waals surface area contributed by atoms with Crippen LogP contribution in [-0.2, 0) is 0 Å². The summed E-state index contributed by atoms with van der Waals surface area (Å²) in [6.07, 6.45) is 2.76. The first kappa shape index (κ1) is 9.53. The Hall–Kier alpha value is -1.69. The average molecular weight is 219 g/mol. The SMILES string of the molecule is Cc1nc(NC2CCNC2)c2cnoc2n1. The van der Waals surface area contributed by atoms with E-state index in [0.29, 0.717) is 17.6 Å². The van der Waals surface area contributed by atoms with Crippen LogP contribution in [0.4, 0.5) is 5.82 Å². The van der Waals surface area contributed by atoms with Gasteiger partial charge in [-0.15, -0.1) is 0 Å². The highest BCUT2D eigenvalue weighted by Crippen LogP contribution is 2.21. The topological polar surface area (TPSA) is 75.9 Å². The van der Waals surface area contributed by atoms with Crippen molar-refractivity contribution in [1.29, 1.82) is 0 Å². The van der Waals surface area contributed by atoms with Crippen molar-refractivity contribution in [3.63, 3.8) is 0 Å². The first-order chi connectivity index (χ1) is 7.83. The van der Waals surface area contributed by atoms with Crippen molar-refractivity contribution in [1.82, 2.24) is 20.4 Å². The largest absolute Gasteiger partial charge is 0.365 e. The normalized spacial score (nSPS) is 20.4. The molecule has 2 N–H and O–H groups in total. The zero-order chi connectivity index (χ0) is 11.0. The van der Waals surface area contributed by atoms with E-state index in [2.05, 4.69) is 25.8 Å². The van der Waals surface area contributed by atoms with Gasteiger partial charge in [-0.25, -0.2) is 4.98 Å². The summed E-state index contributed by atoms with van der Waals surface area (Å²) in [5.41, 5.74) is 0.543. The molecule has 1 aliphatic rings. The van der Waals surface area contributed by atoms with Gasteiger partial charge in [-0.3, -0.25) is 0 Å². The maximum atomic E-state index is 5.05. The molecule has 0 aliphatic carbocycles. The molecule has 2 aromatic rings. The number of aromatic nitrogens is 3. The fourth-order valence-electron chi connectivity index (χ4n) is 1.95. The van der Waals surface area contributed by atoms with E-state index >= 15 is 0 Å². The molecule has 3 rings (SSSR count). The summed E-state index contributed by atoms with van der Waals surface area (Å²) in [5.74, 6) is 1.51. The second-order valence-corrected chi connectivity index (χ2v) is 4.00. The lowest BCUT2D eigenvalue weighted by atomic mass is 10.2. The van der Waals surface area contributed by atoms with Gasteiger partial charge in [-0.05, 0) is 19.9 Å². The number of aryl methyl sites for hydroxylation is 1. The molecule has 6 nitrogen and oxygen atoms in total. The average Bonchev–Trinajstić information content (AvgIpc) is 2.87. The minimum Gasteiger partial charge on any atom is -0.365 e. The molecular formula is C10H13N5O. The van der Waals surface area contributed by atoms with Gasteiger partial charge in [0.25, 0.3) is 5.71 Å². The third-order valence-electron chi connectivity index (χ3n) is 2.74. The van der Waals surface area contributed by atoms with Crippen LogP contribution in [-0.4, -0.2) is 34.3 Å². The molecule has 1 fully saturated rings. The predicted molar refractivity (Wildman–Crippen MR) is 59.2 cm³/mol. The summed E-state index contributed by atoms with van der Waals surface area (Å²) in [4.78, 5) is 8.56. The van der Waals surface area contributed by atoms with Crippen LogP contribution in [0.2, 0.25) is 0 Å². The lowest BCUT2D eigenvalue weighted by molar-refractivity contribution is 0.448. The van der Waals surface area contributed by atoms with E-state index in [1.807, 2.05) is 6.92 Å². The Bertz CT molecular complexity index is 503. The van der Waals surface area contributed by atoms with Gasteiger partial charge in [0.2, 0.25) is 0 Å². The van der Waals surface area contributed by atoms with E-state index in [0.717, 1.165) is 30.7 Å². The molecule has 6 heteroatoms.